The van der Waals surface area contributed by atoms with Crippen molar-refractivity contribution in [2.24, 2.45) is 11.5 Å². The molecule has 12 heteroatoms. The summed E-state index contributed by atoms with van der Waals surface area (Å²) in [5, 5.41) is 24.9. The van der Waals surface area contributed by atoms with E-state index in [1.165, 1.54) is 0 Å². The molecule has 0 fully saturated rings. The molecule has 9 N–H and O–H groups in total. The number of carboxylic acid groups (broad SMARTS) is 2. The van der Waals surface area contributed by atoms with Crippen LogP contribution in [0.1, 0.15) is 37.7 Å². The monoisotopic (exact) mass is 479 g/mol. The maximum Gasteiger partial charge on any atom is 0.326 e. The van der Waals surface area contributed by atoms with Gasteiger partial charge in [0.05, 0.1) is 12.6 Å². The number of carbonyl (C=O) groups is 5. The predicted molar refractivity (Wildman–Crippen MR) is 122 cm³/mol. The summed E-state index contributed by atoms with van der Waals surface area (Å²) in [5.41, 5.74) is 12.3. The van der Waals surface area contributed by atoms with Gasteiger partial charge in [0.15, 0.2) is 0 Å². The summed E-state index contributed by atoms with van der Waals surface area (Å²) in [6.45, 7) is -0.139. The van der Waals surface area contributed by atoms with Crippen molar-refractivity contribution in [2.75, 3.05) is 13.1 Å². The number of nitrogens with one attached hydrogen (secondary N) is 3. The van der Waals surface area contributed by atoms with Crippen LogP contribution < -0.4 is 27.4 Å². The zero-order chi connectivity index (χ0) is 25.5. The third-order valence-corrected chi connectivity index (χ3v) is 4.92. The summed E-state index contributed by atoms with van der Waals surface area (Å²) >= 11 is 0. The Labute approximate surface area is 197 Å². The average molecular weight is 480 g/mol. The summed E-state index contributed by atoms with van der Waals surface area (Å²) in [7, 11) is 0. The van der Waals surface area contributed by atoms with E-state index in [0.717, 1.165) is 5.56 Å². The van der Waals surface area contributed by atoms with E-state index >= 15 is 0 Å². The van der Waals surface area contributed by atoms with Gasteiger partial charge in [-0.15, -0.1) is 0 Å². The van der Waals surface area contributed by atoms with Crippen molar-refractivity contribution in [1.29, 1.82) is 0 Å². The maximum atomic E-state index is 12.6. The molecule has 3 amide bonds. The van der Waals surface area contributed by atoms with Crippen molar-refractivity contribution >= 4 is 29.7 Å². The molecule has 0 aliphatic rings. The molecular formula is C22H33N5O7. The molecule has 0 saturated carbocycles. The lowest BCUT2D eigenvalue weighted by atomic mass is 10.0. The van der Waals surface area contributed by atoms with Crippen molar-refractivity contribution in [3.8, 4) is 0 Å². The lowest BCUT2D eigenvalue weighted by Gasteiger charge is -2.21. The first-order valence-electron chi connectivity index (χ1n) is 11.0. The molecule has 12 nitrogen and oxygen atoms in total. The van der Waals surface area contributed by atoms with Crippen molar-refractivity contribution in [2.45, 2.75) is 56.7 Å². The minimum atomic E-state index is -1.41. The molecule has 0 bridgehead atoms. The van der Waals surface area contributed by atoms with Crippen LogP contribution in [0, 0.1) is 0 Å². The van der Waals surface area contributed by atoms with E-state index < -0.39 is 60.8 Å². The van der Waals surface area contributed by atoms with Gasteiger partial charge in [0, 0.05) is 6.42 Å². The highest BCUT2D eigenvalue weighted by molar-refractivity contribution is 5.92. The normalized spacial score (nSPS) is 13.2. The van der Waals surface area contributed by atoms with Crippen LogP contribution in [-0.4, -0.2) is 71.1 Å². The van der Waals surface area contributed by atoms with Gasteiger partial charge in [0.1, 0.15) is 12.1 Å². The summed E-state index contributed by atoms with van der Waals surface area (Å²) < 4.78 is 0. The number of amides is 3. The summed E-state index contributed by atoms with van der Waals surface area (Å²) in [6.07, 6.45) is 0.971. The van der Waals surface area contributed by atoms with Crippen LogP contribution in [0.3, 0.4) is 0 Å². The Morgan fingerprint density at radius 1 is 0.882 bits per heavy atom. The van der Waals surface area contributed by atoms with E-state index in [0.29, 0.717) is 19.4 Å². The molecule has 0 aliphatic carbocycles. The van der Waals surface area contributed by atoms with E-state index in [-0.39, 0.29) is 19.3 Å². The fourth-order valence-electron chi connectivity index (χ4n) is 3.06. The number of hydrogen-bond acceptors (Lipinski definition) is 7. The minimum Gasteiger partial charge on any atom is -0.481 e. The Morgan fingerprint density at radius 2 is 1.56 bits per heavy atom. The second-order valence-electron chi connectivity index (χ2n) is 7.75. The first-order valence-corrected chi connectivity index (χ1v) is 11.0. The lowest BCUT2D eigenvalue weighted by Crippen LogP contribution is -2.53. The molecule has 3 unspecified atom stereocenters. The fraction of sp³-hybridized carbons (Fsp3) is 0.500. The van der Waals surface area contributed by atoms with Gasteiger partial charge in [-0.3, -0.25) is 19.2 Å². The SMILES string of the molecule is NCCCCC(NC(=O)C(N)Cc1ccccc1)C(=O)NCC(=O)NC(CCC(=O)O)C(=O)O. The van der Waals surface area contributed by atoms with Gasteiger partial charge >= 0.3 is 11.9 Å². The van der Waals surface area contributed by atoms with E-state index in [4.69, 9.17) is 21.7 Å². The fourth-order valence-corrected chi connectivity index (χ4v) is 3.06. The Kier molecular flexibility index (Phi) is 12.9. The van der Waals surface area contributed by atoms with Gasteiger partial charge in [0.2, 0.25) is 17.7 Å². The molecule has 3 atom stereocenters. The zero-order valence-electron chi connectivity index (χ0n) is 18.9. The summed E-state index contributed by atoms with van der Waals surface area (Å²) in [6, 6.07) is 5.90. The van der Waals surface area contributed by atoms with Gasteiger partial charge in [-0.2, -0.15) is 0 Å². The number of aliphatic carboxylic acids is 2. The molecule has 0 aliphatic heterocycles. The van der Waals surface area contributed by atoms with Gasteiger partial charge in [-0.05, 0) is 44.2 Å². The summed E-state index contributed by atoms with van der Waals surface area (Å²) in [4.78, 5) is 59.1. The molecule has 0 radical (unpaired) electrons. The minimum absolute atomic E-state index is 0.269. The number of benzene rings is 1. The van der Waals surface area contributed by atoms with Crippen molar-refractivity contribution in [1.82, 2.24) is 16.0 Å². The molecular weight excluding hydrogens is 446 g/mol. The number of nitrogens with two attached hydrogens (primary N) is 2. The molecule has 188 valence electrons. The van der Waals surface area contributed by atoms with Crippen LogP contribution in [0.25, 0.3) is 0 Å². The van der Waals surface area contributed by atoms with Crippen LogP contribution in [0.4, 0.5) is 0 Å². The number of carbonyl (C=O) groups excluding carboxylic acids is 3. The largest absolute Gasteiger partial charge is 0.481 e. The quantitative estimate of drug-likeness (QED) is 0.140. The smallest absolute Gasteiger partial charge is 0.326 e. The lowest BCUT2D eigenvalue weighted by molar-refractivity contribution is -0.143. The third kappa shape index (κ3) is 11.4. The van der Waals surface area contributed by atoms with E-state index in [9.17, 15) is 24.0 Å². The van der Waals surface area contributed by atoms with Gasteiger partial charge in [-0.25, -0.2) is 4.79 Å². The first kappa shape index (κ1) is 28.5. The van der Waals surface area contributed by atoms with Crippen LogP contribution in [-0.2, 0) is 30.4 Å². The van der Waals surface area contributed by atoms with Crippen molar-refractivity contribution < 1.29 is 34.2 Å². The number of carboxylic acids is 2. The molecule has 0 spiro atoms. The van der Waals surface area contributed by atoms with E-state index in [1.807, 2.05) is 30.3 Å². The first-order chi connectivity index (χ1) is 16.1. The number of hydrogen-bond donors (Lipinski definition) is 7. The van der Waals surface area contributed by atoms with Crippen LogP contribution in [0.2, 0.25) is 0 Å². The second-order valence-corrected chi connectivity index (χ2v) is 7.75. The summed E-state index contributed by atoms with van der Waals surface area (Å²) in [5.74, 6) is -4.56. The Morgan fingerprint density at radius 3 is 2.15 bits per heavy atom. The second kappa shape index (κ2) is 15.3. The molecule has 0 aromatic heterocycles. The predicted octanol–water partition coefficient (Wildman–Crippen LogP) is -1.28. The van der Waals surface area contributed by atoms with Crippen molar-refractivity contribution in [3.63, 3.8) is 0 Å². The number of unbranched alkanes of at least 4 members (excludes halogenated alkanes) is 1. The molecule has 34 heavy (non-hydrogen) atoms. The molecule has 0 saturated heterocycles. The van der Waals surface area contributed by atoms with Crippen LogP contribution in [0.5, 0.6) is 0 Å². The van der Waals surface area contributed by atoms with Gasteiger partial charge in [-0.1, -0.05) is 30.3 Å². The Balaban J connectivity index is 2.66. The molecule has 1 aromatic carbocycles. The van der Waals surface area contributed by atoms with Gasteiger partial charge < -0.3 is 37.6 Å². The highest BCUT2D eigenvalue weighted by Gasteiger charge is 2.25. The van der Waals surface area contributed by atoms with E-state index in [2.05, 4.69) is 16.0 Å². The standard InChI is InChI=1S/C22H33N5O7/c23-11-5-4-8-16(27-20(31)15(24)12-14-6-2-1-3-7-14)21(32)25-13-18(28)26-17(22(33)34)9-10-19(29)30/h1-3,6-7,15-17H,4-5,8-13,23-24H2,(H,25,32)(H,26,28)(H,27,31)(H,29,30)(H,33,34). The molecule has 1 rings (SSSR count). The highest BCUT2D eigenvalue weighted by Crippen LogP contribution is 2.05. The maximum absolute atomic E-state index is 12.6. The highest BCUT2D eigenvalue weighted by atomic mass is 16.4. The van der Waals surface area contributed by atoms with Gasteiger partial charge in [0.25, 0.3) is 0 Å². The van der Waals surface area contributed by atoms with E-state index in [1.54, 1.807) is 0 Å². The topological polar surface area (TPSA) is 214 Å². The van der Waals surface area contributed by atoms with Crippen molar-refractivity contribution in [3.05, 3.63) is 35.9 Å². The number of rotatable bonds is 16. The average Bonchev–Trinajstić information content (AvgIpc) is 2.79. The Hall–Kier alpha value is -3.51. The Bertz CT molecular complexity index is 834. The molecule has 1 aromatic rings. The zero-order valence-corrected chi connectivity index (χ0v) is 18.9. The van der Waals surface area contributed by atoms with Crippen LogP contribution >= 0.6 is 0 Å². The molecule has 0 heterocycles. The third-order valence-electron chi connectivity index (χ3n) is 4.92. The van der Waals surface area contributed by atoms with Crippen LogP contribution in [0.15, 0.2) is 30.3 Å².